The first-order valence-electron chi connectivity index (χ1n) is 23.1. The third kappa shape index (κ3) is 6.55. The van der Waals surface area contributed by atoms with Crippen molar-refractivity contribution >= 4 is 27.8 Å². The summed E-state index contributed by atoms with van der Waals surface area (Å²) >= 11 is 0. The lowest BCUT2D eigenvalue weighted by Crippen LogP contribution is -2.30. The Morgan fingerprint density at radius 3 is 1.77 bits per heavy atom. The van der Waals surface area contributed by atoms with Crippen molar-refractivity contribution in [2.75, 3.05) is 4.90 Å². The van der Waals surface area contributed by atoms with E-state index in [9.17, 15) is 0 Å². The second-order valence-corrected chi connectivity index (χ2v) is 17.4. The van der Waals surface area contributed by atoms with E-state index in [2.05, 4.69) is 266 Å². The highest BCUT2D eigenvalue weighted by Crippen LogP contribution is 2.59. The Morgan fingerprint density at radius 2 is 0.985 bits per heavy atom. The fraction of sp³-hybridized carbons (Fsp3) is 0.0462. The first kappa shape index (κ1) is 39.3. The summed E-state index contributed by atoms with van der Waals surface area (Å²) in [5, 5.41) is 2.48. The first-order chi connectivity index (χ1) is 32.8. The fourth-order valence-corrected chi connectivity index (χ4v) is 11.0. The number of hydrogen-bond acceptors (Lipinski definition) is 1. The minimum absolute atomic E-state index is 0.373. The lowest BCUT2D eigenvalue weighted by Gasteiger charge is -2.36. The number of hydrogen-bond donors (Lipinski definition) is 0. The lowest BCUT2D eigenvalue weighted by atomic mass is 9.65. The van der Waals surface area contributed by atoms with Crippen LogP contribution in [-0.4, -0.2) is 0 Å². The molecule has 10 aromatic carbocycles. The van der Waals surface area contributed by atoms with Crippen LogP contribution in [0.2, 0.25) is 0 Å². The molecule has 0 spiro atoms. The molecule has 0 N–H and O–H groups in total. The van der Waals surface area contributed by atoms with E-state index in [1.807, 2.05) is 0 Å². The Labute approximate surface area is 387 Å². The molecule has 312 valence electrons. The summed E-state index contributed by atoms with van der Waals surface area (Å²) in [5.41, 5.74) is 20.7. The van der Waals surface area contributed by atoms with Crippen molar-refractivity contribution in [2.24, 2.45) is 0 Å². The molecule has 0 fully saturated rings. The van der Waals surface area contributed by atoms with Crippen molar-refractivity contribution in [1.29, 1.82) is 0 Å². The van der Waals surface area contributed by atoms with E-state index in [1.165, 1.54) is 88.7 Å². The number of anilines is 3. The van der Waals surface area contributed by atoms with Gasteiger partial charge in [0.1, 0.15) is 0 Å². The summed E-state index contributed by atoms with van der Waals surface area (Å²) < 4.78 is 0. The molecule has 12 rings (SSSR count). The van der Waals surface area contributed by atoms with Crippen molar-refractivity contribution in [3.63, 3.8) is 0 Å². The van der Waals surface area contributed by atoms with Gasteiger partial charge in [0, 0.05) is 16.9 Å². The molecule has 2 aliphatic rings. The third-order valence-electron chi connectivity index (χ3n) is 13.8. The van der Waals surface area contributed by atoms with E-state index < -0.39 is 0 Å². The average molecular weight is 842 g/mol. The van der Waals surface area contributed by atoms with Crippen LogP contribution in [0.3, 0.4) is 0 Å². The second kappa shape index (κ2) is 16.7. The van der Waals surface area contributed by atoms with Gasteiger partial charge in [-0.05, 0) is 121 Å². The van der Waals surface area contributed by atoms with Gasteiger partial charge in [0.05, 0.1) is 11.1 Å². The van der Waals surface area contributed by atoms with Gasteiger partial charge in [-0.1, -0.05) is 236 Å². The fourth-order valence-electron chi connectivity index (χ4n) is 11.0. The largest absolute Gasteiger partial charge is 0.310 e. The van der Waals surface area contributed by atoms with Gasteiger partial charge in [-0.3, -0.25) is 0 Å². The van der Waals surface area contributed by atoms with Crippen LogP contribution in [0.1, 0.15) is 29.5 Å². The van der Waals surface area contributed by atoms with Gasteiger partial charge in [-0.25, -0.2) is 0 Å². The van der Waals surface area contributed by atoms with Crippen LogP contribution in [0.15, 0.2) is 266 Å². The van der Waals surface area contributed by atoms with Crippen LogP contribution in [0.4, 0.5) is 17.1 Å². The molecule has 1 atom stereocenters. The molecule has 0 heterocycles. The molecule has 2 aliphatic carbocycles. The maximum atomic E-state index is 2.44. The number of fused-ring (bicyclic) bond motifs is 4. The molecule has 1 nitrogen and oxygen atoms in total. The number of benzene rings is 10. The van der Waals surface area contributed by atoms with Gasteiger partial charge in [-0.2, -0.15) is 0 Å². The first-order valence-corrected chi connectivity index (χ1v) is 23.1. The summed E-state index contributed by atoms with van der Waals surface area (Å²) in [4.78, 5) is 2.44. The maximum Gasteiger partial charge on any atom is 0.0676 e. The zero-order chi connectivity index (χ0) is 43.9. The molecular formula is C65H47N. The average Bonchev–Trinajstić information content (AvgIpc) is 3.71. The second-order valence-electron chi connectivity index (χ2n) is 17.4. The minimum Gasteiger partial charge on any atom is -0.310 e. The highest BCUT2D eigenvalue weighted by atomic mass is 15.1. The van der Waals surface area contributed by atoms with Gasteiger partial charge in [0.15, 0.2) is 0 Å². The monoisotopic (exact) mass is 841 g/mol. The van der Waals surface area contributed by atoms with Crippen LogP contribution in [0.5, 0.6) is 0 Å². The van der Waals surface area contributed by atoms with Crippen molar-refractivity contribution in [3.05, 3.63) is 283 Å². The summed E-state index contributed by atoms with van der Waals surface area (Å²) in [6.45, 7) is 0. The molecular weight excluding hydrogens is 795 g/mol. The van der Waals surface area contributed by atoms with Gasteiger partial charge in [0.25, 0.3) is 0 Å². The van der Waals surface area contributed by atoms with E-state index in [1.54, 1.807) is 0 Å². The van der Waals surface area contributed by atoms with E-state index >= 15 is 0 Å². The van der Waals surface area contributed by atoms with Crippen molar-refractivity contribution in [1.82, 2.24) is 0 Å². The van der Waals surface area contributed by atoms with Crippen LogP contribution < -0.4 is 4.90 Å². The van der Waals surface area contributed by atoms with Crippen LogP contribution in [0.25, 0.3) is 66.4 Å². The van der Waals surface area contributed by atoms with E-state index in [0.29, 0.717) is 0 Å². The van der Waals surface area contributed by atoms with Gasteiger partial charge in [0.2, 0.25) is 0 Å². The van der Waals surface area contributed by atoms with Gasteiger partial charge >= 0.3 is 0 Å². The Hall–Kier alpha value is -8.26. The molecule has 0 amide bonds. The summed E-state index contributed by atoms with van der Waals surface area (Å²) in [5.74, 6) is 0. The van der Waals surface area contributed by atoms with Crippen LogP contribution >= 0.6 is 0 Å². The van der Waals surface area contributed by atoms with Crippen molar-refractivity contribution < 1.29 is 0 Å². The molecule has 0 radical (unpaired) electrons. The van der Waals surface area contributed by atoms with Gasteiger partial charge < -0.3 is 4.90 Å². The SMILES string of the molecule is C1=CCCC(C2(c3ccccc3)c3ccccc3-c3c(-c4ccc(N(c5cccc(-c6ccc7ccccc7c6-c6ccccc6)c5)c5ccccc5-c5ccccc5)cc4)cccc32)=C1. The summed E-state index contributed by atoms with van der Waals surface area (Å²) in [7, 11) is 0. The predicted octanol–water partition coefficient (Wildman–Crippen LogP) is 17.6. The minimum atomic E-state index is -0.373. The molecule has 0 aliphatic heterocycles. The molecule has 0 aromatic heterocycles. The smallest absolute Gasteiger partial charge is 0.0676 e. The summed E-state index contributed by atoms with van der Waals surface area (Å²) in [6.07, 6.45) is 9.00. The Morgan fingerprint density at radius 1 is 0.379 bits per heavy atom. The molecule has 0 bridgehead atoms. The lowest BCUT2D eigenvalue weighted by molar-refractivity contribution is 0.693. The van der Waals surface area contributed by atoms with Crippen LogP contribution in [0, 0.1) is 0 Å². The number of nitrogens with zero attached hydrogens (tertiary/aromatic N) is 1. The molecule has 10 aromatic rings. The Bertz CT molecular complexity index is 3450. The molecule has 0 saturated heterocycles. The zero-order valence-corrected chi connectivity index (χ0v) is 36.7. The standard InChI is InChI=1S/C65H47N/c1-5-21-46(22-6-1)55-32-16-18-38-62(55)66(54-31-19-26-50(45-54)58-44-41-47-23-13-14-33-56(47)63(58)49-24-7-2-8-25-49)53-42-39-48(40-43-53)57-35-20-37-61-64(57)59-34-15-17-36-60(59)65(61,51-27-9-3-10-28-51)52-29-11-4-12-30-52/h1-11,13-29,31-45H,12,30H2. The highest BCUT2D eigenvalue weighted by Gasteiger charge is 2.47. The molecule has 66 heavy (non-hydrogen) atoms. The third-order valence-corrected chi connectivity index (χ3v) is 13.8. The molecule has 1 heteroatoms. The van der Waals surface area contributed by atoms with Gasteiger partial charge in [-0.15, -0.1) is 0 Å². The highest BCUT2D eigenvalue weighted by molar-refractivity contribution is 6.05. The number of para-hydroxylation sites is 1. The normalized spacial score (nSPS) is 14.9. The Balaban J connectivity index is 1.03. The molecule has 0 saturated carbocycles. The number of rotatable bonds is 9. The zero-order valence-electron chi connectivity index (χ0n) is 36.7. The van der Waals surface area contributed by atoms with Crippen molar-refractivity contribution in [3.8, 4) is 55.6 Å². The quantitative estimate of drug-likeness (QED) is 0.140. The van der Waals surface area contributed by atoms with E-state index in [4.69, 9.17) is 0 Å². The number of allylic oxidation sites excluding steroid dienone is 4. The topological polar surface area (TPSA) is 3.24 Å². The summed E-state index contributed by atoms with van der Waals surface area (Å²) in [6, 6.07) is 89.3. The Kier molecular flexibility index (Phi) is 9.95. The molecule has 1 unspecified atom stereocenters. The van der Waals surface area contributed by atoms with E-state index in [-0.39, 0.29) is 5.41 Å². The maximum absolute atomic E-state index is 2.44. The van der Waals surface area contributed by atoms with E-state index in [0.717, 1.165) is 29.9 Å². The van der Waals surface area contributed by atoms with Crippen LogP contribution in [-0.2, 0) is 5.41 Å². The van der Waals surface area contributed by atoms with Crippen molar-refractivity contribution in [2.45, 2.75) is 18.3 Å². The predicted molar refractivity (Wildman–Crippen MR) is 279 cm³/mol.